The number of halogens is 3. The quantitative estimate of drug-likeness (QED) is 0.599. The molecule has 0 atom stereocenters. The molecule has 1 nitrogen and oxygen atoms in total. The number of nitrogens with zero attached hydrogens (tertiary/aromatic N) is 1. The number of rotatable bonds is 2. The van der Waals surface area contributed by atoms with Gasteiger partial charge < -0.3 is 4.90 Å². The van der Waals surface area contributed by atoms with E-state index in [1.54, 1.807) is 0 Å². The van der Waals surface area contributed by atoms with E-state index in [-0.39, 0.29) is 0 Å². The predicted octanol–water partition coefficient (Wildman–Crippen LogP) is 5.74. The van der Waals surface area contributed by atoms with Crippen LogP contribution in [0.2, 0.25) is 0 Å². The molecule has 0 aromatic heterocycles. The molecule has 88 valence electrons. The summed E-state index contributed by atoms with van der Waals surface area (Å²) in [4.78, 5) is 2.14. The van der Waals surface area contributed by atoms with Crippen LogP contribution in [0.3, 0.4) is 0 Å². The first-order valence-corrected chi connectivity index (χ1v) is 7.40. The smallest absolute Gasteiger partial charge is 0.0553 e. The molecule has 0 saturated heterocycles. The molecular weight excluding hydrogens is 410 g/mol. The molecule has 4 heteroatoms. The minimum Gasteiger partial charge on any atom is -0.344 e. The highest BCUT2D eigenvalue weighted by Gasteiger charge is 2.07. The van der Waals surface area contributed by atoms with Crippen LogP contribution in [-0.2, 0) is 0 Å². The van der Waals surface area contributed by atoms with Gasteiger partial charge in [0.15, 0.2) is 0 Å². The van der Waals surface area contributed by atoms with Gasteiger partial charge in [-0.3, -0.25) is 0 Å². The summed E-state index contributed by atoms with van der Waals surface area (Å²) in [6.07, 6.45) is 0. The van der Waals surface area contributed by atoms with Crippen molar-refractivity contribution in [2.75, 3.05) is 11.9 Å². The molecule has 0 aliphatic rings. The molecule has 0 radical (unpaired) electrons. The molecule has 0 heterocycles. The van der Waals surface area contributed by atoms with E-state index in [2.05, 4.69) is 77.9 Å². The first kappa shape index (κ1) is 13.1. The molecule has 17 heavy (non-hydrogen) atoms. The lowest BCUT2D eigenvalue weighted by atomic mass is 10.2. The topological polar surface area (TPSA) is 3.24 Å². The van der Waals surface area contributed by atoms with Crippen LogP contribution in [0.4, 0.5) is 11.4 Å². The van der Waals surface area contributed by atoms with Crippen molar-refractivity contribution in [3.05, 3.63) is 55.9 Å². The third kappa shape index (κ3) is 3.12. The monoisotopic (exact) mass is 417 g/mol. The first-order valence-electron chi connectivity index (χ1n) is 5.02. The number of benzene rings is 2. The normalized spacial score (nSPS) is 10.4. The summed E-state index contributed by atoms with van der Waals surface area (Å²) in [6, 6.07) is 14.4. The SMILES string of the molecule is CN(c1ccc(Br)cc1)c1ccc(Br)cc1Br. The molecule has 0 bridgehead atoms. The van der Waals surface area contributed by atoms with Gasteiger partial charge in [0.1, 0.15) is 0 Å². The maximum Gasteiger partial charge on any atom is 0.0553 e. The molecule has 0 amide bonds. The van der Waals surface area contributed by atoms with Crippen molar-refractivity contribution in [3.8, 4) is 0 Å². The van der Waals surface area contributed by atoms with E-state index < -0.39 is 0 Å². The lowest BCUT2D eigenvalue weighted by Crippen LogP contribution is -2.09. The Bertz CT molecular complexity index is 523. The summed E-state index contributed by atoms with van der Waals surface area (Å²) in [7, 11) is 2.05. The zero-order valence-electron chi connectivity index (χ0n) is 9.12. The largest absolute Gasteiger partial charge is 0.344 e. The van der Waals surface area contributed by atoms with Crippen LogP contribution < -0.4 is 4.90 Å². The van der Waals surface area contributed by atoms with Gasteiger partial charge in [0.2, 0.25) is 0 Å². The van der Waals surface area contributed by atoms with Gasteiger partial charge in [-0.2, -0.15) is 0 Å². The lowest BCUT2D eigenvalue weighted by molar-refractivity contribution is 1.20. The van der Waals surface area contributed by atoms with Gasteiger partial charge in [-0.1, -0.05) is 31.9 Å². The van der Waals surface area contributed by atoms with Gasteiger partial charge >= 0.3 is 0 Å². The van der Waals surface area contributed by atoms with Crippen LogP contribution in [0.25, 0.3) is 0 Å². The molecule has 2 aromatic carbocycles. The van der Waals surface area contributed by atoms with Gasteiger partial charge in [0.05, 0.1) is 5.69 Å². The fraction of sp³-hybridized carbons (Fsp3) is 0.0769. The van der Waals surface area contributed by atoms with E-state index in [1.807, 2.05) is 24.3 Å². The van der Waals surface area contributed by atoms with Crippen molar-refractivity contribution in [2.45, 2.75) is 0 Å². The van der Waals surface area contributed by atoms with Crippen LogP contribution in [0, 0.1) is 0 Å². The van der Waals surface area contributed by atoms with E-state index >= 15 is 0 Å². The average molecular weight is 420 g/mol. The Morgan fingerprint density at radius 1 is 0.824 bits per heavy atom. The van der Waals surface area contributed by atoms with Crippen LogP contribution >= 0.6 is 47.8 Å². The van der Waals surface area contributed by atoms with Gasteiger partial charge in [0, 0.05) is 26.2 Å². The summed E-state index contributed by atoms with van der Waals surface area (Å²) in [5.74, 6) is 0. The zero-order chi connectivity index (χ0) is 12.4. The fourth-order valence-electron chi connectivity index (χ4n) is 1.56. The molecule has 2 aromatic rings. The van der Waals surface area contributed by atoms with Crippen molar-refractivity contribution < 1.29 is 0 Å². The second kappa shape index (κ2) is 5.55. The number of hydrogen-bond donors (Lipinski definition) is 0. The van der Waals surface area contributed by atoms with Crippen molar-refractivity contribution in [2.24, 2.45) is 0 Å². The predicted molar refractivity (Wildman–Crippen MR) is 84.0 cm³/mol. The Morgan fingerprint density at radius 3 is 2.00 bits per heavy atom. The molecule has 0 aliphatic heterocycles. The Morgan fingerprint density at radius 2 is 1.41 bits per heavy atom. The van der Waals surface area contributed by atoms with Gasteiger partial charge in [-0.25, -0.2) is 0 Å². The summed E-state index contributed by atoms with van der Waals surface area (Å²) in [5, 5.41) is 0. The highest BCUT2D eigenvalue weighted by atomic mass is 79.9. The van der Waals surface area contributed by atoms with Crippen molar-refractivity contribution in [1.82, 2.24) is 0 Å². The number of hydrogen-bond acceptors (Lipinski definition) is 1. The standard InChI is InChI=1S/C13H10Br3N/c1-17(11-5-2-9(14)3-6-11)13-7-4-10(15)8-12(13)16/h2-8H,1H3. The highest BCUT2D eigenvalue weighted by Crippen LogP contribution is 2.33. The van der Waals surface area contributed by atoms with Crippen LogP contribution in [0.15, 0.2) is 55.9 Å². The molecule has 0 saturated carbocycles. The lowest BCUT2D eigenvalue weighted by Gasteiger charge is -2.21. The van der Waals surface area contributed by atoms with Gasteiger partial charge in [-0.05, 0) is 58.4 Å². The van der Waals surface area contributed by atoms with Crippen LogP contribution in [-0.4, -0.2) is 7.05 Å². The van der Waals surface area contributed by atoms with Crippen molar-refractivity contribution in [3.63, 3.8) is 0 Å². The molecule has 0 fully saturated rings. The Hall–Kier alpha value is -0.320. The average Bonchev–Trinajstić information content (AvgIpc) is 2.29. The van der Waals surface area contributed by atoms with Gasteiger partial charge in [-0.15, -0.1) is 0 Å². The van der Waals surface area contributed by atoms with Crippen LogP contribution in [0.5, 0.6) is 0 Å². The van der Waals surface area contributed by atoms with Gasteiger partial charge in [0.25, 0.3) is 0 Å². The second-order valence-corrected chi connectivity index (χ2v) is 6.32. The van der Waals surface area contributed by atoms with E-state index in [4.69, 9.17) is 0 Å². The summed E-state index contributed by atoms with van der Waals surface area (Å²) in [5.41, 5.74) is 2.28. The van der Waals surface area contributed by atoms with Crippen molar-refractivity contribution in [1.29, 1.82) is 0 Å². The molecule has 0 N–H and O–H groups in total. The first-order chi connectivity index (χ1) is 8.08. The summed E-state index contributed by atoms with van der Waals surface area (Å²) in [6.45, 7) is 0. The van der Waals surface area contributed by atoms with E-state index in [0.717, 1.165) is 24.8 Å². The Labute approximate surface area is 126 Å². The highest BCUT2D eigenvalue weighted by molar-refractivity contribution is 9.11. The van der Waals surface area contributed by atoms with E-state index in [9.17, 15) is 0 Å². The Balaban J connectivity index is 2.36. The minimum atomic E-state index is 1.07. The Kier molecular flexibility index (Phi) is 4.28. The van der Waals surface area contributed by atoms with Crippen LogP contribution in [0.1, 0.15) is 0 Å². The molecule has 0 spiro atoms. The fourth-order valence-corrected chi connectivity index (χ4v) is 3.13. The molecule has 0 unspecified atom stereocenters. The second-order valence-electron chi connectivity index (χ2n) is 3.63. The minimum absolute atomic E-state index is 1.07. The maximum absolute atomic E-state index is 3.58. The van der Waals surface area contributed by atoms with Crippen molar-refractivity contribution >= 4 is 59.2 Å². The number of anilines is 2. The molecular formula is C13H10Br3N. The summed E-state index contributed by atoms with van der Waals surface area (Å²) < 4.78 is 3.22. The molecule has 0 aliphatic carbocycles. The third-order valence-corrected chi connectivity index (χ3v) is 4.14. The maximum atomic E-state index is 3.58. The van der Waals surface area contributed by atoms with E-state index in [1.165, 1.54) is 0 Å². The van der Waals surface area contributed by atoms with E-state index in [0.29, 0.717) is 0 Å². The zero-order valence-corrected chi connectivity index (χ0v) is 13.9. The molecule has 2 rings (SSSR count). The third-order valence-electron chi connectivity index (χ3n) is 2.49. The summed E-state index contributed by atoms with van der Waals surface area (Å²) >= 11 is 10.5.